The molecule has 0 aromatic heterocycles. The van der Waals surface area contributed by atoms with Crippen LogP contribution < -0.4 is 5.32 Å². The van der Waals surface area contributed by atoms with E-state index in [0.29, 0.717) is 6.42 Å². The van der Waals surface area contributed by atoms with E-state index in [9.17, 15) is 38.2 Å². The highest BCUT2D eigenvalue weighted by atomic mass is 32.3. The second-order valence-electron chi connectivity index (χ2n) is 20.2. The van der Waals surface area contributed by atoms with Crippen LogP contribution in [-0.4, -0.2) is 95.4 Å². The molecule has 0 aromatic carbocycles. The smallest absolute Gasteiger partial charge is 0.394 e. The zero-order chi connectivity index (χ0) is 50.5. The molecular formula is C56H107NO11S. The van der Waals surface area contributed by atoms with Gasteiger partial charge in [-0.2, -0.15) is 8.42 Å². The van der Waals surface area contributed by atoms with E-state index in [1.54, 1.807) is 6.08 Å². The number of aliphatic hydroxyl groups is 4. The molecule has 0 bridgehead atoms. The molecule has 1 amide bonds. The largest absolute Gasteiger partial charge is 0.397 e. The third-order valence-electron chi connectivity index (χ3n) is 13.7. The van der Waals surface area contributed by atoms with Crippen molar-refractivity contribution in [1.29, 1.82) is 0 Å². The first-order valence-corrected chi connectivity index (χ1v) is 30.1. The van der Waals surface area contributed by atoms with Crippen LogP contribution in [0.3, 0.4) is 0 Å². The predicted molar refractivity (Wildman–Crippen MR) is 282 cm³/mol. The fourth-order valence-electron chi connectivity index (χ4n) is 9.28. The van der Waals surface area contributed by atoms with Gasteiger partial charge in [0.1, 0.15) is 24.4 Å². The quantitative estimate of drug-likeness (QED) is 0.0193. The molecule has 1 aliphatic heterocycles. The van der Waals surface area contributed by atoms with Crippen LogP contribution in [0.5, 0.6) is 0 Å². The lowest BCUT2D eigenvalue weighted by Crippen LogP contribution is -2.61. The van der Waals surface area contributed by atoms with Gasteiger partial charge in [0.2, 0.25) is 5.91 Å². The van der Waals surface area contributed by atoms with Crippen molar-refractivity contribution >= 4 is 16.3 Å². The average molecular weight is 1000 g/mol. The van der Waals surface area contributed by atoms with Crippen molar-refractivity contribution in [3.05, 3.63) is 24.3 Å². The van der Waals surface area contributed by atoms with E-state index in [1.165, 1.54) is 205 Å². The van der Waals surface area contributed by atoms with Gasteiger partial charge < -0.3 is 35.2 Å². The van der Waals surface area contributed by atoms with Gasteiger partial charge in [0.25, 0.3) is 0 Å². The van der Waals surface area contributed by atoms with Crippen molar-refractivity contribution in [3.63, 3.8) is 0 Å². The Balaban J connectivity index is 2.20. The van der Waals surface area contributed by atoms with Gasteiger partial charge >= 0.3 is 10.4 Å². The van der Waals surface area contributed by atoms with Crippen LogP contribution in [-0.2, 0) is 28.9 Å². The van der Waals surface area contributed by atoms with Gasteiger partial charge in [-0.15, -0.1) is 0 Å². The second kappa shape index (κ2) is 46.4. The summed E-state index contributed by atoms with van der Waals surface area (Å²) in [5.74, 6) is -0.261. The molecule has 7 unspecified atom stereocenters. The highest BCUT2D eigenvalue weighted by molar-refractivity contribution is 7.80. The molecule has 12 nitrogen and oxygen atoms in total. The van der Waals surface area contributed by atoms with Crippen LogP contribution in [0, 0.1) is 0 Å². The first-order chi connectivity index (χ1) is 33.5. The molecule has 1 aliphatic rings. The van der Waals surface area contributed by atoms with E-state index in [4.69, 9.17) is 9.47 Å². The Hall–Kier alpha value is -1.42. The summed E-state index contributed by atoms with van der Waals surface area (Å²) in [4.78, 5) is 13.1. The number of allylic oxidation sites excluding steroid dienone is 3. The van der Waals surface area contributed by atoms with Crippen molar-refractivity contribution in [2.45, 2.75) is 314 Å². The normalized spacial score (nSPS) is 19.8. The SMILES string of the molecule is CCCCCCCCCC/C=C/C(O)C(COC1OC(CO)C(O)C(OS(=O)(=O)O)C1O)NC(=O)CCCCCCCCCCCCCCCCCC/C=C\CCCCCCCCCCCCCC. The Bertz CT molecular complexity index is 1320. The van der Waals surface area contributed by atoms with Crippen LogP contribution in [0.1, 0.15) is 271 Å². The average Bonchev–Trinajstić information content (AvgIpc) is 3.32. The van der Waals surface area contributed by atoms with Gasteiger partial charge in [0.05, 0.1) is 25.4 Å². The predicted octanol–water partition coefficient (Wildman–Crippen LogP) is 13.2. The number of amides is 1. The summed E-state index contributed by atoms with van der Waals surface area (Å²) >= 11 is 0. The lowest BCUT2D eigenvalue weighted by Gasteiger charge is -2.41. The van der Waals surface area contributed by atoms with Gasteiger partial charge in [-0.1, -0.05) is 244 Å². The Morgan fingerprint density at radius 1 is 0.565 bits per heavy atom. The zero-order valence-electron chi connectivity index (χ0n) is 44.1. The third kappa shape index (κ3) is 38.8. The Kier molecular flexibility index (Phi) is 44.1. The molecule has 408 valence electrons. The minimum atomic E-state index is -5.08. The highest BCUT2D eigenvalue weighted by Crippen LogP contribution is 2.26. The number of hydrogen-bond donors (Lipinski definition) is 6. The number of ether oxygens (including phenoxy) is 2. The summed E-state index contributed by atoms with van der Waals surface area (Å²) in [6.45, 7) is 3.39. The molecule has 1 rings (SSSR count). The van der Waals surface area contributed by atoms with E-state index >= 15 is 0 Å². The number of rotatable bonds is 50. The third-order valence-corrected chi connectivity index (χ3v) is 14.2. The molecule has 0 saturated carbocycles. The molecule has 6 N–H and O–H groups in total. The lowest BCUT2D eigenvalue weighted by atomic mass is 9.99. The van der Waals surface area contributed by atoms with Crippen molar-refractivity contribution in [2.24, 2.45) is 0 Å². The molecule has 0 spiro atoms. The summed E-state index contributed by atoms with van der Waals surface area (Å²) in [5, 5.41) is 44.7. The number of aliphatic hydroxyl groups excluding tert-OH is 4. The first kappa shape index (κ1) is 65.6. The number of nitrogens with one attached hydrogen (secondary N) is 1. The number of hydrogen-bond acceptors (Lipinski definition) is 10. The molecule has 1 fully saturated rings. The second-order valence-corrected chi connectivity index (χ2v) is 21.3. The van der Waals surface area contributed by atoms with Crippen LogP contribution in [0.2, 0.25) is 0 Å². The number of unbranched alkanes of at least 4 members (excludes halogenated alkanes) is 36. The Morgan fingerprint density at radius 3 is 1.30 bits per heavy atom. The standard InChI is InChI=1S/C56H107NO11S/c1-3-5-7-9-11-13-15-16-17-18-19-20-21-22-23-24-25-26-27-28-29-30-31-32-33-34-35-36-38-40-42-44-46-52(60)57-49(50(59)45-43-41-39-37-14-12-10-8-6-4-2)48-66-56-54(62)55(68-69(63,64)65)53(61)51(47-58)67-56/h22-23,43,45,49-51,53-56,58-59,61-62H,3-21,24-42,44,46-48H2,1-2H3,(H,57,60)(H,63,64,65)/b23-22-,45-43+. The van der Waals surface area contributed by atoms with Gasteiger partial charge in [-0.25, -0.2) is 4.18 Å². The van der Waals surface area contributed by atoms with E-state index in [2.05, 4.69) is 35.5 Å². The zero-order valence-corrected chi connectivity index (χ0v) is 45.0. The minimum absolute atomic E-state index is 0.261. The van der Waals surface area contributed by atoms with E-state index < -0.39 is 59.9 Å². The Morgan fingerprint density at radius 2 is 0.928 bits per heavy atom. The van der Waals surface area contributed by atoms with Crippen LogP contribution in [0.25, 0.3) is 0 Å². The molecule has 7 atom stereocenters. The molecule has 1 heterocycles. The maximum atomic E-state index is 13.1. The van der Waals surface area contributed by atoms with Crippen molar-refractivity contribution in [2.75, 3.05) is 13.2 Å². The lowest BCUT2D eigenvalue weighted by molar-refractivity contribution is -0.298. The van der Waals surface area contributed by atoms with Gasteiger partial charge in [0, 0.05) is 6.42 Å². The highest BCUT2D eigenvalue weighted by Gasteiger charge is 2.48. The van der Waals surface area contributed by atoms with Gasteiger partial charge in [-0.3, -0.25) is 9.35 Å². The van der Waals surface area contributed by atoms with E-state index in [1.807, 2.05) is 6.08 Å². The summed E-state index contributed by atoms with van der Waals surface area (Å²) in [6.07, 6.45) is 48.4. The van der Waals surface area contributed by atoms with Crippen molar-refractivity contribution in [1.82, 2.24) is 5.32 Å². The van der Waals surface area contributed by atoms with Crippen molar-refractivity contribution in [3.8, 4) is 0 Å². The maximum Gasteiger partial charge on any atom is 0.397 e. The summed E-state index contributed by atoms with van der Waals surface area (Å²) in [7, 11) is -5.08. The monoisotopic (exact) mass is 1000 g/mol. The van der Waals surface area contributed by atoms with Crippen molar-refractivity contribution < 1.29 is 51.8 Å². The molecule has 0 radical (unpaired) electrons. The van der Waals surface area contributed by atoms with E-state index in [0.717, 1.165) is 38.5 Å². The van der Waals surface area contributed by atoms with Crippen LogP contribution in [0.4, 0.5) is 0 Å². The summed E-state index contributed by atoms with van der Waals surface area (Å²) < 4.78 is 47.7. The topological polar surface area (TPSA) is 192 Å². The molecule has 0 aliphatic carbocycles. The number of carbonyl (C=O) groups excluding carboxylic acids is 1. The molecule has 13 heteroatoms. The minimum Gasteiger partial charge on any atom is -0.394 e. The fraction of sp³-hybridized carbons (Fsp3) is 0.911. The molecule has 0 aromatic rings. The van der Waals surface area contributed by atoms with Gasteiger partial charge in [0.15, 0.2) is 6.29 Å². The Labute approximate surface area is 422 Å². The number of carbonyl (C=O) groups is 1. The fourth-order valence-corrected chi connectivity index (χ4v) is 9.78. The molecule has 1 saturated heterocycles. The first-order valence-electron chi connectivity index (χ1n) is 28.7. The van der Waals surface area contributed by atoms with Crippen LogP contribution >= 0.6 is 0 Å². The van der Waals surface area contributed by atoms with Gasteiger partial charge in [-0.05, 0) is 44.9 Å². The molecular weight excluding hydrogens is 895 g/mol. The van der Waals surface area contributed by atoms with Crippen LogP contribution in [0.15, 0.2) is 24.3 Å². The maximum absolute atomic E-state index is 13.1. The molecule has 69 heavy (non-hydrogen) atoms. The summed E-state index contributed by atoms with van der Waals surface area (Å²) in [5.41, 5.74) is 0. The van der Waals surface area contributed by atoms with E-state index in [-0.39, 0.29) is 18.9 Å². The summed E-state index contributed by atoms with van der Waals surface area (Å²) in [6, 6.07) is -0.940.